The van der Waals surface area contributed by atoms with Gasteiger partial charge in [-0.05, 0) is 17.8 Å². The molecule has 18 heavy (non-hydrogen) atoms. The monoisotopic (exact) mass is 264 g/mol. The molecule has 6 nitrogen and oxygen atoms in total. The number of rotatable bonds is 5. The minimum atomic E-state index is -0.845. The largest absolute Gasteiger partial charge is 0.481 e. The third kappa shape index (κ3) is 3.01. The van der Waals surface area contributed by atoms with Gasteiger partial charge in [-0.3, -0.25) is 4.79 Å². The molecule has 1 heterocycles. The Bertz CT molecular complexity index is 578. The summed E-state index contributed by atoms with van der Waals surface area (Å²) < 4.78 is 1.89. The summed E-state index contributed by atoms with van der Waals surface area (Å²) in [5.74, 6) is -1.01. The second-order valence-corrected chi connectivity index (χ2v) is 4.26. The summed E-state index contributed by atoms with van der Waals surface area (Å²) in [6.45, 7) is 0.419. The summed E-state index contributed by atoms with van der Waals surface area (Å²) in [5, 5.41) is 18.9. The Labute approximate surface area is 108 Å². The maximum atomic E-state index is 10.9. The minimum Gasteiger partial charge on any atom is -0.481 e. The van der Waals surface area contributed by atoms with Gasteiger partial charge < -0.3 is 5.11 Å². The Morgan fingerprint density at radius 1 is 1.44 bits per heavy atom. The van der Waals surface area contributed by atoms with Crippen LogP contribution in [0.4, 0.5) is 0 Å². The highest BCUT2D eigenvalue weighted by Crippen LogP contribution is 2.21. The molecule has 2 aromatic rings. The lowest BCUT2D eigenvalue weighted by Gasteiger charge is -2.15. The van der Waals surface area contributed by atoms with E-state index < -0.39 is 5.97 Å². The number of carboxylic acids is 1. The van der Waals surface area contributed by atoms with Gasteiger partial charge in [-0.15, -0.1) is 0 Å². The topological polar surface area (TPSA) is 83.8 Å². The molecule has 2 N–H and O–H groups in total. The zero-order chi connectivity index (χ0) is 13.0. The molecule has 7 heteroatoms. The molecule has 1 atom stereocenters. The van der Waals surface area contributed by atoms with Gasteiger partial charge in [0.15, 0.2) is 0 Å². The lowest BCUT2D eigenvalue weighted by Crippen LogP contribution is -2.14. The standard InChI is InChI=1S/C11H12N4O2S/c16-10(17)6-9(8-4-2-1-3-5-8)7-15-11(18)12-13-14-15/h1-5,9H,6-7H2,(H,16,17)(H,12,14,18)/t9-/m1/s1. The second-order valence-electron chi connectivity index (χ2n) is 3.90. The first-order chi connectivity index (χ1) is 8.66. The van der Waals surface area contributed by atoms with E-state index in [1.807, 2.05) is 30.3 Å². The van der Waals surface area contributed by atoms with Crippen molar-refractivity contribution in [2.24, 2.45) is 0 Å². The minimum absolute atomic E-state index is 0.0325. The summed E-state index contributed by atoms with van der Waals surface area (Å²) in [7, 11) is 0. The van der Waals surface area contributed by atoms with Crippen molar-refractivity contribution in [1.82, 2.24) is 20.2 Å². The highest BCUT2D eigenvalue weighted by molar-refractivity contribution is 7.71. The molecule has 94 valence electrons. The van der Waals surface area contributed by atoms with Crippen LogP contribution in [0.2, 0.25) is 0 Å². The van der Waals surface area contributed by atoms with Crippen LogP contribution in [0.5, 0.6) is 0 Å². The normalized spacial score (nSPS) is 12.2. The van der Waals surface area contributed by atoms with Crippen molar-refractivity contribution >= 4 is 18.2 Å². The van der Waals surface area contributed by atoms with E-state index >= 15 is 0 Å². The van der Waals surface area contributed by atoms with Crippen LogP contribution in [0.15, 0.2) is 30.3 Å². The van der Waals surface area contributed by atoms with E-state index in [0.717, 1.165) is 5.56 Å². The number of H-pyrrole nitrogens is 1. The van der Waals surface area contributed by atoms with Crippen molar-refractivity contribution in [2.75, 3.05) is 0 Å². The van der Waals surface area contributed by atoms with E-state index in [2.05, 4.69) is 15.5 Å². The number of nitrogens with one attached hydrogen (secondary N) is 1. The van der Waals surface area contributed by atoms with E-state index in [4.69, 9.17) is 17.3 Å². The molecule has 0 unspecified atom stereocenters. The van der Waals surface area contributed by atoms with Crippen LogP contribution in [0.3, 0.4) is 0 Å². The summed E-state index contributed by atoms with van der Waals surface area (Å²) in [6, 6.07) is 9.47. The lowest BCUT2D eigenvalue weighted by atomic mass is 9.96. The Morgan fingerprint density at radius 3 is 2.72 bits per heavy atom. The van der Waals surface area contributed by atoms with Gasteiger partial charge in [-0.2, -0.15) is 5.21 Å². The molecular formula is C11H12N4O2S. The molecule has 0 amide bonds. The molecule has 1 aromatic carbocycles. The summed E-state index contributed by atoms with van der Waals surface area (Å²) in [6.07, 6.45) is 0.0325. The molecule has 1 aromatic heterocycles. The van der Waals surface area contributed by atoms with Crippen molar-refractivity contribution in [3.63, 3.8) is 0 Å². The van der Waals surface area contributed by atoms with Crippen LogP contribution in [0.25, 0.3) is 0 Å². The molecule has 2 rings (SSSR count). The first-order valence-corrected chi connectivity index (χ1v) is 5.82. The maximum Gasteiger partial charge on any atom is 0.304 e. The number of aromatic amines is 1. The Hall–Kier alpha value is -2.02. The smallest absolute Gasteiger partial charge is 0.304 e. The van der Waals surface area contributed by atoms with Crippen LogP contribution in [-0.2, 0) is 11.3 Å². The number of carbonyl (C=O) groups is 1. The lowest BCUT2D eigenvalue weighted by molar-refractivity contribution is -0.137. The fourth-order valence-corrected chi connectivity index (χ4v) is 1.94. The van der Waals surface area contributed by atoms with E-state index in [-0.39, 0.29) is 12.3 Å². The third-order valence-corrected chi connectivity index (χ3v) is 2.93. The molecule has 0 aliphatic heterocycles. The fraction of sp³-hybridized carbons (Fsp3) is 0.273. The van der Waals surface area contributed by atoms with Crippen LogP contribution < -0.4 is 0 Å². The molecule has 0 saturated heterocycles. The van der Waals surface area contributed by atoms with E-state index in [1.54, 1.807) is 4.68 Å². The highest BCUT2D eigenvalue weighted by Gasteiger charge is 2.16. The van der Waals surface area contributed by atoms with E-state index in [1.165, 1.54) is 0 Å². The Balaban J connectivity index is 2.24. The number of tetrazole rings is 1. The van der Waals surface area contributed by atoms with E-state index in [0.29, 0.717) is 11.3 Å². The average Bonchev–Trinajstić information content (AvgIpc) is 2.75. The van der Waals surface area contributed by atoms with Gasteiger partial charge in [0.2, 0.25) is 4.77 Å². The predicted molar refractivity (Wildman–Crippen MR) is 66.6 cm³/mol. The average molecular weight is 264 g/mol. The predicted octanol–water partition coefficient (Wildman–Crippen LogP) is 1.59. The number of hydrogen-bond acceptors (Lipinski definition) is 4. The van der Waals surface area contributed by atoms with Crippen molar-refractivity contribution in [1.29, 1.82) is 0 Å². The van der Waals surface area contributed by atoms with Gasteiger partial charge in [0.05, 0.1) is 13.0 Å². The number of aliphatic carboxylic acids is 1. The van der Waals surface area contributed by atoms with Crippen molar-refractivity contribution < 1.29 is 9.90 Å². The summed E-state index contributed by atoms with van der Waals surface area (Å²) in [4.78, 5) is 10.9. The number of benzene rings is 1. The molecule has 0 spiro atoms. The molecule has 0 saturated carbocycles. The van der Waals surface area contributed by atoms with Crippen LogP contribution in [0, 0.1) is 4.77 Å². The zero-order valence-electron chi connectivity index (χ0n) is 9.48. The first-order valence-electron chi connectivity index (χ1n) is 5.41. The van der Waals surface area contributed by atoms with Gasteiger partial charge >= 0.3 is 5.97 Å². The SMILES string of the molecule is O=C(O)C[C@H](Cn1[nH]nnc1=S)c1ccccc1. The summed E-state index contributed by atoms with van der Waals surface area (Å²) in [5.41, 5.74) is 0.955. The van der Waals surface area contributed by atoms with Gasteiger partial charge in [0, 0.05) is 5.92 Å². The van der Waals surface area contributed by atoms with Crippen molar-refractivity contribution in [3.05, 3.63) is 40.7 Å². The Kier molecular flexibility index (Phi) is 3.83. The van der Waals surface area contributed by atoms with Crippen LogP contribution in [-0.4, -0.2) is 31.3 Å². The molecule has 0 aliphatic carbocycles. The van der Waals surface area contributed by atoms with Gasteiger partial charge in [-0.25, -0.2) is 4.68 Å². The van der Waals surface area contributed by atoms with Crippen LogP contribution >= 0.6 is 12.2 Å². The van der Waals surface area contributed by atoms with Gasteiger partial charge in [0.25, 0.3) is 0 Å². The molecule has 0 bridgehead atoms. The van der Waals surface area contributed by atoms with Crippen molar-refractivity contribution in [3.8, 4) is 0 Å². The maximum absolute atomic E-state index is 10.9. The second kappa shape index (κ2) is 5.54. The number of nitrogens with zero attached hydrogens (tertiary/aromatic N) is 3. The molecular weight excluding hydrogens is 252 g/mol. The van der Waals surface area contributed by atoms with E-state index in [9.17, 15) is 4.79 Å². The molecule has 0 radical (unpaired) electrons. The number of aromatic nitrogens is 4. The number of carboxylic acid groups (broad SMARTS) is 1. The first kappa shape index (κ1) is 12.4. The van der Waals surface area contributed by atoms with Gasteiger partial charge in [0.1, 0.15) is 0 Å². The van der Waals surface area contributed by atoms with Gasteiger partial charge in [-0.1, -0.05) is 40.6 Å². The van der Waals surface area contributed by atoms with Crippen LogP contribution in [0.1, 0.15) is 17.9 Å². The fourth-order valence-electron chi connectivity index (χ4n) is 1.78. The molecule has 0 aliphatic rings. The molecule has 0 fully saturated rings. The quantitative estimate of drug-likeness (QED) is 0.801. The number of hydrogen-bond donors (Lipinski definition) is 2. The zero-order valence-corrected chi connectivity index (χ0v) is 10.3. The van der Waals surface area contributed by atoms with Crippen molar-refractivity contribution in [2.45, 2.75) is 18.9 Å². The highest BCUT2D eigenvalue weighted by atomic mass is 32.1. The Morgan fingerprint density at radius 2 is 2.17 bits per heavy atom. The third-order valence-electron chi connectivity index (χ3n) is 2.63. The summed E-state index contributed by atoms with van der Waals surface area (Å²) >= 11 is 4.98.